The zero-order chi connectivity index (χ0) is 24.2. The van der Waals surface area contributed by atoms with Gasteiger partial charge in [0.1, 0.15) is 6.04 Å². The molecule has 0 aromatic heterocycles. The first kappa shape index (κ1) is 32.4. The number of hydrogen-bond acceptors (Lipinski definition) is 2. The van der Waals surface area contributed by atoms with Crippen LogP contribution >= 0.6 is 0 Å². The Morgan fingerprint density at radius 1 is 0.515 bits per heavy atom. The third-order valence-electron chi connectivity index (χ3n) is 7.07. The van der Waals surface area contributed by atoms with Crippen LogP contribution in [-0.2, 0) is 4.79 Å². The summed E-state index contributed by atoms with van der Waals surface area (Å²) in [5.41, 5.74) is 0. The van der Waals surface area contributed by atoms with Crippen LogP contribution in [0.2, 0.25) is 0 Å². The molecule has 3 nitrogen and oxygen atoms in total. The van der Waals surface area contributed by atoms with Gasteiger partial charge in [-0.25, -0.2) is 0 Å². The molecule has 198 valence electrons. The standard InChI is InChI=1S/C30H61NO2/c1-3-5-7-9-11-13-14-15-16-17-18-19-20-22-24-26-28-31-29(30(32)33)27-25-23-21-12-10-8-6-4-2/h29,31H,3-28H2,1-2H3,(H,32,33). The van der Waals surface area contributed by atoms with Crippen LogP contribution < -0.4 is 5.32 Å². The van der Waals surface area contributed by atoms with Crippen molar-refractivity contribution in [3.63, 3.8) is 0 Å². The number of carbonyl (C=O) groups is 1. The van der Waals surface area contributed by atoms with E-state index >= 15 is 0 Å². The van der Waals surface area contributed by atoms with E-state index in [2.05, 4.69) is 19.2 Å². The highest BCUT2D eigenvalue weighted by atomic mass is 16.4. The second-order valence-corrected chi connectivity index (χ2v) is 10.4. The normalized spacial score (nSPS) is 12.3. The van der Waals surface area contributed by atoms with Gasteiger partial charge in [0, 0.05) is 0 Å². The van der Waals surface area contributed by atoms with Gasteiger partial charge in [-0.2, -0.15) is 0 Å². The molecule has 0 bridgehead atoms. The molecule has 0 spiro atoms. The number of aliphatic carboxylic acids is 1. The molecule has 0 amide bonds. The minimum atomic E-state index is -0.672. The maximum absolute atomic E-state index is 11.5. The molecule has 0 heterocycles. The van der Waals surface area contributed by atoms with Crippen LogP contribution in [0.5, 0.6) is 0 Å². The summed E-state index contributed by atoms with van der Waals surface area (Å²) in [6, 6.07) is -0.346. The lowest BCUT2D eigenvalue weighted by Crippen LogP contribution is -2.37. The van der Waals surface area contributed by atoms with Gasteiger partial charge in [-0.1, -0.05) is 162 Å². The molecule has 0 fully saturated rings. The number of nitrogens with one attached hydrogen (secondary N) is 1. The Balaban J connectivity index is 3.36. The molecule has 0 aliphatic carbocycles. The van der Waals surface area contributed by atoms with Crippen LogP contribution in [0, 0.1) is 0 Å². The number of carboxylic acid groups (broad SMARTS) is 1. The van der Waals surface area contributed by atoms with E-state index in [1.54, 1.807) is 0 Å². The van der Waals surface area contributed by atoms with Crippen molar-refractivity contribution in [2.24, 2.45) is 0 Å². The van der Waals surface area contributed by atoms with E-state index in [1.165, 1.54) is 141 Å². The van der Waals surface area contributed by atoms with E-state index in [4.69, 9.17) is 0 Å². The predicted molar refractivity (Wildman–Crippen MR) is 146 cm³/mol. The predicted octanol–water partition coefficient (Wildman–Crippen LogP) is 9.82. The molecule has 33 heavy (non-hydrogen) atoms. The number of hydrogen-bond donors (Lipinski definition) is 2. The fourth-order valence-electron chi connectivity index (χ4n) is 4.74. The Kier molecular flexibility index (Phi) is 27.2. The second kappa shape index (κ2) is 27.7. The van der Waals surface area contributed by atoms with Crippen molar-refractivity contribution in [3.05, 3.63) is 0 Å². The van der Waals surface area contributed by atoms with Crippen LogP contribution in [0.3, 0.4) is 0 Å². The average molecular weight is 468 g/mol. The Hall–Kier alpha value is -0.570. The highest BCUT2D eigenvalue weighted by Gasteiger charge is 2.15. The van der Waals surface area contributed by atoms with E-state index < -0.39 is 5.97 Å². The summed E-state index contributed by atoms with van der Waals surface area (Å²) in [5.74, 6) is -0.672. The molecule has 0 aromatic carbocycles. The van der Waals surface area contributed by atoms with Crippen molar-refractivity contribution < 1.29 is 9.90 Å². The SMILES string of the molecule is CCCCCCCCCCCCCCCCCCNC(CCCCCCCCCC)C(=O)O. The molecule has 1 atom stereocenters. The van der Waals surface area contributed by atoms with E-state index in [0.717, 1.165) is 25.8 Å². The maximum atomic E-state index is 11.5. The monoisotopic (exact) mass is 467 g/mol. The average Bonchev–Trinajstić information content (AvgIpc) is 2.81. The molecule has 2 N–H and O–H groups in total. The molecule has 0 aliphatic heterocycles. The molecule has 3 heteroatoms. The Bertz CT molecular complexity index is 385. The van der Waals surface area contributed by atoms with E-state index in [1.807, 2.05) is 0 Å². The van der Waals surface area contributed by atoms with Crippen LogP contribution in [0.15, 0.2) is 0 Å². The van der Waals surface area contributed by atoms with Crippen molar-refractivity contribution in [1.29, 1.82) is 0 Å². The summed E-state index contributed by atoms with van der Waals surface area (Å²) < 4.78 is 0. The number of carboxylic acids is 1. The summed E-state index contributed by atoms with van der Waals surface area (Å²) in [6.45, 7) is 5.39. The molecular weight excluding hydrogens is 406 g/mol. The highest BCUT2D eigenvalue weighted by Crippen LogP contribution is 2.14. The van der Waals surface area contributed by atoms with Gasteiger partial charge in [-0.15, -0.1) is 0 Å². The molecule has 0 rings (SSSR count). The van der Waals surface area contributed by atoms with Gasteiger partial charge in [-0.3, -0.25) is 4.79 Å². The van der Waals surface area contributed by atoms with E-state index in [9.17, 15) is 9.90 Å². The van der Waals surface area contributed by atoms with Crippen LogP contribution in [0.1, 0.15) is 174 Å². The molecule has 0 saturated heterocycles. The van der Waals surface area contributed by atoms with Gasteiger partial charge >= 0.3 is 5.97 Å². The number of unbranched alkanes of at least 4 members (excludes halogenated alkanes) is 22. The maximum Gasteiger partial charge on any atom is 0.320 e. The summed E-state index contributed by atoms with van der Waals surface area (Å²) in [5, 5.41) is 12.7. The first-order chi connectivity index (χ1) is 16.2. The second-order valence-electron chi connectivity index (χ2n) is 10.4. The summed E-state index contributed by atoms with van der Waals surface area (Å²) in [6.07, 6.45) is 32.9. The topological polar surface area (TPSA) is 49.3 Å². The Morgan fingerprint density at radius 2 is 0.818 bits per heavy atom. The molecular formula is C30H61NO2. The van der Waals surface area contributed by atoms with Crippen molar-refractivity contribution in [1.82, 2.24) is 5.32 Å². The van der Waals surface area contributed by atoms with Gasteiger partial charge in [-0.05, 0) is 19.4 Å². The van der Waals surface area contributed by atoms with Crippen molar-refractivity contribution in [3.8, 4) is 0 Å². The molecule has 0 radical (unpaired) electrons. The number of rotatable bonds is 28. The van der Waals surface area contributed by atoms with Gasteiger partial charge < -0.3 is 10.4 Å². The molecule has 0 aliphatic rings. The Morgan fingerprint density at radius 3 is 1.15 bits per heavy atom. The van der Waals surface area contributed by atoms with Gasteiger partial charge in [0.2, 0.25) is 0 Å². The Labute approximate surface area is 208 Å². The lowest BCUT2D eigenvalue weighted by atomic mass is 10.0. The third kappa shape index (κ3) is 25.9. The fraction of sp³-hybridized carbons (Fsp3) is 0.967. The van der Waals surface area contributed by atoms with Crippen molar-refractivity contribution in [2.45, 2.75) is 180 Å². The summed E-state index contributed by atoms with van der Waals surface area (Å²) in [4.78, 5) is 11.5. The first-order valence-corrected chi connectivity index (χ1v) is 15.2. The smallest absolute Gasteiger partial charge is 0.320 e. The highest BCUT2D eigenvalue weighted by molar-refractivity contribution is 5.73. The third-order valence-corrected chi connectivity index (χ3v) is 7.07. The lowest BCUT2D eigenvalue weighted by molar-refractivity contribution is -0.139. The van der Waals surface area contributed by atoms with Gasteiger partial charge in [0.25, 0.3) is 0 Å². The molecule has 1 unspecified atom stereocenters. The largest absolute Gasteiger partial charge is 0.480 e. The molecule has 0 saturated carbocycles. The van der Waals surface area contributed by atoms with Gasteiger partial charge in [0.15, 0.2) is 0 Å². The zero-order valence-corrected chi connectivity index (χ0v) is 22.8. The van der Waals surface area contributed by atoms with E-state index in [-0.39, 0.29) is 6.04 Å². The van der Waals surface area contributed by atoms with Crippen LogP contribution in [0.25, 0.3) is 0 Å². The first-order valence-electron chi connectivity index (χ1n) is 15.2. The van der Waals surface area contributed by atoms with Crippen LogP contribution in [0.4, 0.5) is 0 Å². The van der Waals surface area contributed by atoms with Crippen LogP contribution in [-0.4, -0.2) is 23.7 Å². The minimum absolute atomic E-state index is 0.346. The lowest BCUT2D eigenvalue weighted by Gasteiger charge is -2.14. The van der Waals surface area contributed by atoms with Crippen molar-refractivity contribution >= 4 is 5.97 Å². The minimum Gasteiger partial charge on any atom is -0.480 e. The molecule has 0 aromatic rings. The fourth-order valence-corrected chi connectivity index (χ4v) is 4.74. The quantitative estimate of drug-likeness (QED) is 0.113. The van der Waals surface area contributed by atoms with Gasteiger partial charge in [0.05, 0.1) is 0 Å². The summed E-state index contributed by atoms with van der Waals surface area (Å²) >= 11 is 0. The van der Waals surface area contributed by atoms with Crippen molar-refractivity contribution in [2.75, 3.05) is 6.54 Å². The van der Waals surface area contributed by atoms with E-state index in [0.29, 0.717) is 0 Å². The summed E-state index contributed by atoms with van der Waals surface area (Å²) in [7, 11) is 0. The zero-order valence-electron chi connectivity index (χ0n) is 22.8.